The molecule has 1 aromatic carbocycles. The maximum absolute atomic E-state index is 11.3. The summed E-state index contributed by atoms with van der Waals surface area (Å²) >= 11 is 0. The van der Waals surface area contributed by atoms with Gasteiger partial charge in [0, 0.05) is 40.1 Å². The van der Waals surface area contributed by atoms with E-state index in [1.54, 1.807) is 6.26 Å². The number of nitrogens with zero attached hydrogens (tertiary/aromatic N) is 2. The molecule has 0 aliphatic carbocycles. The Hall–Kier alpha value is -1.46. The lowest BCUT2D eigenvalue weighted by atomic mass is 10.2. The number of hydrogen-bond acceptors (Lipinski definition) is 3. The van der Waals surface area contributed by atoms with Crippen LogP contribution in [0, 0.1) is 0 Å². The molecule has 2 rings (SSSR count). The van der Waals surface area contributed by atoms with Gasteiger partial charge in [-0.1, -0.05) is 25.1 Å². The maximum Gasteiger partial charge on any atom is 0.0645 e. The Labute approximate surface area is 129 Å². The Bertz CT molecular complexity index is 582. The van der Waals surface area contributed by atoms with Crippen LogP contribution >= 0.6 is 0 Å². The van der Waals surface area contributed by atoms with Gasteiger partial charge in [-0.2, -0.15) is 5.10 Å². The third kappa shape index (κ3) is 4.51. The van der Waals surface area contributed by atoms with Crippen molar-refractivity contribution in [2.75, 3.05) is 12.8 Å². The molecule has 0 saturated heterocycles. The SMILES string of the molecule is CC(NCCC(C)S(C)=O)c1cnn(-c2ccccc2)c1. The van der Waals surface area contributed by atoms with Gasteiger partial charge >= 0.3 is 0 Å². The molecule has 0 spiro atoms. The molecule has 0 radical (unpaired) electrons. The largest absolute Gasteiger partial charge is 0.310 e. The number of aromatic nitrogens is 2. The molecule has 3 unspecified atom stereocenters. The van der Waals surface area contributed by atoms with Crippen molar-refractivity contribution in [3.8, 4) is 5.69 Å². The zero-order valence-electron chi connectivity index (χ0n) is 12.8. The zero-order chi connectivity index (χ0) is 15.2. The standard InChI is InChI=1S/C16H23N3OS/c1-13(21(3)20)9-10-17-14(2)15-11-18-19(12-15)16-7-5-4-6-8-16/h4-8,11-14,17H,9-10H2,1-3H3. The van der Waals surface area contributed by atoms with E-state index in [0.29, 0.717) is 0 Å². The number of rotatable bonds is 7. The van der Waals surface area contributed by atoms with Crippen molar-refractivity contribution < 1.29 is 4.21 Å². The summed E-state index contributed by atoms with van der Waals surface area (Å²) in [5.41, 5.74) is 2.22. The summed E-state index contributed by atoms with van der Waals surface area (Å²) in [4.78, 5) is 0. The highest BCUT2D eigenvalue weighted by atomic mass is 32.2. The van der Waals surface area contributed by atoms with E-state index >= 15 is 0 Å². The Morgan fingerprint density at radius 3 is 2.67 bits per heavy atom. The Kier molecular flexibility index (Phi) is 5.70. The first-order valence-electron chi connectivity index (χ1n) is 7.23. The van der Waals surface area contributed by atoms with Crippen LogP contribution in [-0.4, -0.2) is 32.0 Å². The van der Waals surface area contributed by atoms with E-state index in [0.717, 1.165) is 24.2 Å². The Morgan fingerprint density at radius 1 is 1.29 bits per heavy atom. The molecule has 0 aliphatic rings. The summed E-state index contributed by atoms with van der Waals surface area (Å²) in [5, 5.41) is 8.10. The summed E-state index contributed by atoms with van der Waals surface area (Å²) in [7, 11) is -0.747. The molecule has 1 aromatic heterocycles. The van der Waals surface area contributed by atoms with Crippen LogP contribution in [0.3, 0.4) is 0 Å². The summed E-state index contributed by atoms with van der Waals surface area (Å²) < 4.78 is 13.2. The van der Waals surface area contributed by atoms with E-state index < -0.39 is 10.8 Å². The van der Waals surface area contributed by atoms with Crippen LogP contribution in [0.2, 0.25) is 0 Å². The zero-order valence-corrected chi connectivity index (χ0v) is 13.6. The maximum atomic E-state index is 11.3. The van der Waals surface area contributed by atoms with Crippen molar-refractivity contribution in [3.63, 3.8) is 0 Å². The van der Waals surface area contributed by atoms with Gasteiger partial charge in [-0.05, 0) is 32.0 Å². The number of para-hydroxylation sites is 1. The average molecular weight is 305 g/mol. The molecule has 5 heteroatoms. The molecule has 4 nitrogen and oxygen atoms in total. The molecule has 0 amide bonds. The molecule has 0 bridgehead atoms. The number of benzene rings is 1. The highest BCUT2D eigenvalue weighted by molar-refractivity contribution is 7.84. The third-order valence-electron chi connectivity index (χ3n) is 3.69. The fraction of sp³-hybridized carbons (Fsp3) is 0.438. The lowest BCUT2D eigenvalue weighted by Crippen LogP contribution is -2.23. The van der Waals surface area contributed by atoms with E-state index in [-0.39, 0.29) is 11.3 Å². The molecule has 114 valence electrons. The van der Waals surface area contributed by atoms with Gasteiger partial charge in [-0.3, -0.25) is 4.21 Å². The molecule has 1 N–H and O–H groups in total. The highest BCUT2D eigenvalue weighted by Crippen LogP contribution is 2.14. The van der Waals surface area contributed by atoms with Gasteiger partial charge in [-0.15, -0.1) is 0 Å². The quantitative estimate of drug-likeness (QED) is 0.855. The second kappa shape index (κ2) is 7.52. The van der Waals surface area contributed by atoms with E-state index in [2.05, 4.69) is 23.5 Å². The normalized spacial score (nSPS) is 15.6. The van der Waals surface area contributed by atoms with Crippen LogP contribution in [0.25, 0.3) is 5.69 Å². The van der Waals surface area contributed by atoms with Crippen LogP contribution in [-0.2, 0) is 10.8 Å². The van der Waals surface area contributed by atoms with Gasteiger partial charge in [-0.25, -0.2) is 4.68 Å². The number of nitrogens with one attached hydrogen (secondary N) is 1. The van der Waals surface area contributed by atoms with Crippen molar-refractivity contribution in [1.29, 1.82) is 0 Å². The Morgan fingerprint density at radius 2 is 2.00 bits per heavy atom. The molecule has 3 atom stereocenters. The topological polar surface area (TPSA) is 46.9 Å². The van der Waals surface area contributed by atoms with E-state index in [9.17, 15) is 4.21 Å². The summed E-state index contributed by atoms with van der Waals surface area (Å²) in [6.07, 6.45) is 6.62. The minimum atomic E-state index is -0.747. The van der Waals surface area contributed by atoms with Crippen molar-refractivity contribution in [3.05, 3.63) is 48.3 Å². The fourth-order valence-corrected chi connectivity index (χ4v) is 2.52. The Balaban J connectivity index is 1.90. The minimum absolute atomic E-state index is 0.233. The molecule has 21 heavy (non-hydrogen) atoms. The first kappa shape index (κ1) is 15.9. The predicted molar refractivity (Wildman–Crippen MR) is 88.1 cm³/mol. The smallest absolute Gasteiger partial charge is 0.0645 e. The summed E-state index contributed by atoms with van der Waals surface area (Å²) in [5.74, 6) is 0. The van der Waals surface area contributed by atoms with Crippen LogP contribution in [0.4, 0.5) is 0 Å². The van der Waals surface area contributed by atoms with Gasteiger partial charge in [0.2, 0.25) is 0 Å². The van der Waals surface area contributed by atoms with E-state index in [4.69, 9.17) is 0 Å². The van der Waals surface area contributed by atoms with Crippen molar-refractivity contribution >= 4 is 10.8 Å². The number of hydrogen-bond donors (Lipinski definition) is 1. The third-order valence-corrected chi connectivity index (χ3v) is 5.06. The lowest BCUT2D eigenvalue weighted by Gasteiger charge is -2.14. The van der Waals surface area contributed by atoms with Crippen molar-refractivity contribution in [2.24, 2.45) is 0 Å². The molecule has 0 fully saturated rings. The summed E-state index contributed by atoms with van der Waals surface area (Å²) in [6, 6.07) is 10.3. The molecule has 0 saturated carbocycles. The van der Waals surface area contributed by atoms with E-state index in [1.807, 2.05) is 48.1 Å². The van der Waals surface area contributed by atoms with Gasteiger partial charge in [0.05, 0.1) is 11.9 Å². The van der Waals surface area contributed by atoms with Crippen molar-refractivity contribution in [2.45, 2.75) is 31.6 Å². The molecule has 1 heterocycles. The minimum Gasteiger partial charge on any atom is -0.310 e. The fourth-order valence-electron chi connectivity index (χ4n) is 2.07. The predicted octanol–water partition coefficient (Wildman–Crippen LogP) is 2.68. The first-order chi connectivity index (χ1) is 10.1. The van der Waals surface area contributed by atoms with Crippen LogP contribution in [0.5, 0.6) is 0 Å². The van der Waals surface area contributed by atoms with Crippen LogP contribution < -0.4 is 5.32 Å². The highest BCUT2D eigenvalue weighted by Gasteiger charge is 2.10. The van der Waals surface area contributed by atoms with Gasteiger partial charge in [0.25, 0.3) is 0 Å². The molecular formula is C16H23N3OS. The molecular weight excluding hydrogens is 282 g/mol. The van der Waals surface area contributed by atoms with Crippen molar-refractivity contribution in [1.82, 2.24) is 15.1 Å². The summed E-state index contributed by atoms with van der Waals surface area (Å²) in [6.45, 7) is 5.01. The molecule has 2 aromatic rings. The van der Waals surface area contributed by atoms with Crippen LogP contribution in [0.15, 0.2) is 42.7 Å². The second-order valence-electron chi connectivity index (χ2n) is 5.33. The van der Waals surface area contributed by atoms with Crippen LogP contribution in [0.1, 0.15) is 31.9 Å². The van der Waals surface area contributed by atoms with E-state index in [1.165, 1.54) is 0 Å². The van der Waals surface area contributed by atoms with Gasteiger partial charge in [0.15, 0.2) is 0 Å². The van der Waals surface area contributed by atoms with Gasteiger partial charge < -0.3 is 5.32 Å². The average Bonchev–Trinajstić information content (AvgIpc) is 2.97. The van der Waals surface area contributed by atoms with Gasteiger partial charge in [0.1, 0.15) is 0 Å². The molecule has 0 aliphatic heterocycles. The second-order valence-corrected chi connectivity index (χ2v) is 7.13. The lowest BCUT2D eigenvalue weighted by molar-refractivity contribution is 0.553. The first-order valence-corrected chi connectivity index (χ1v) is 8.85. The monoisotopic (exact) mass is 305 g/mol.